The summed E-state index contributed by atoms with van der Waals surface area (Å²) in [6.45, 7) is 2.06. The lowest BCUT2D eigenvalue weighted by Gasteiger charge is -2.25. The number of ether oxygens (including phenoxy) is 1. The summed E-state index contributed by atoms with van der Waals surface area (Å²) in [6, 6.07) is 15.8. The van der Waals surface area contributed by atoms with Gasteiger partial charge >= 0.3 is 0 Å². The third-order valence-electron chi connectivity index (χ3n) is 4.72. The first kappa shape index (κ1) is 15.7. The van der Waals surface area contributed by atoms with E-state index in [4.69, 9.17) is 4.74 Å². The number of benzene rings is 2. The molecule has 1 aliphatic carbocycles. The van der Waals surface area contributed by atoms with Crippen molar-refractivity contribution in [1.82, 2.24) is 5.32 Å². The Hall–Kier alpha value is -2.82. The normalized spacial score (nSPS) is 23.9. The van der Waals surface area contributed by atoms with Gasteiger partial charge in [0.1, 0.15) is 5.75 Å². The average molecular weight is 336 g/mol. The number of fused-ring (bicyclic) bond motifs is 1. The van der Waals surface area contributed by atoms with Crippen LogP contribution in [0.2, 0.25) is 0 Å². The Morgan fingerprint density at radius 3 is 2.76 bits per heavy atom. The Morgan fingerprint density at radius 1 is 1.20 bits per heavy atom. The number of aryl methyl sites for hydroxylation is 1. The topological polar surface area (TPSA) is 67.4 Å². The van der Waals surface area contributed by atoms with E-state index in [0.29, 0.717) is 17.4 Å². The van der Waals surface area contributed by atoms with Crippen LogP contribution in [0.1, 0.15) is 29.9 Å². The van der Waals surface area contributed by atoms with Gasteiger partial charge in [0, 0.05) is 12.0 Å². The second-order valence-corrected chi connectivity index (χ2v) is 6.72. The Kier molecular flexibility index (Phi) is 3.92. The second kappa shape index (κ2) is 6.24. The quantitative estimate of drug-likeness (QED) is 0.902. The number of hydrogen-bond donors (Lipinski definition) is 2. The zero-order valence-corrected chi connectivity index (χ0v) is 14.0. The average Bonchev–Trinajstić information content (AvgIpc) is 3.35. The monoisotopic (exact) mass is 336 g/mol. The maximum Gasteiger partial charge on any atom is 0.266 e. The Morgan fingerprint density at radius 2 is 1.96 bits per heavy atom. The first-order valence-corrected chi connectivity index (χ1v) is 8.52. The minimum Gasteiger partial charge on any atom is -0.478 e. The summed E-state index contributed by atoms with van der Waals surface area (Å²) in [5, 5.41) is 5.79. The van der Waals surface area contributed by atoms with Crippen molar-refractivity contribution >= 4 is 17.5 Å². The maximum absolute atomic E-state index is 12.3. The van der Waals surface area contributed by atoms with Crippen LogP contribution >= 0.6 is 0 Å². The number of carbonyl (C=O) groups excluding carboxylic acids is 2. The number of para-hydroxylation sites is 2. The molecule has 2 aromatic rings. The minimum absolute atomic E-state index is 0.0251. The number of carbonyl (C=O) groups is 2. The van der Waals surface area contributed by atoms with Crippen LogP contribution in [-0.4, -0.2) is 24.0 Å². The van der Waals surface area contributed by atoms with Crippen molar-refractivity contribution in [3.8, 4) is 5.75 Å². The van der Waals surface area contributed by atoms with Crippen molar-refractivity contribution in [2.24, 2.45) is 0 Å². The van der Waals surface area contributed by atoms with Crippen LogP contribution in [-0.2, 0) is 9.59 Å². The lowest BCUT2D eigenvalue weighted by molar-refractivity contribution is -0.130. The van der Waals surface area contributed by atoms with Gasteiger partial charge in [-0.05, 0) is 31.0 Å². The van der Waals surface area contributed by atoms with Gasteiger partial charge in [0.2, 0.25) is 5.91 Å². The van der Waals surface area contributed by atoms with E-state index in [1.54, 1.807) is 12.1 Å². The molecule has 5 heteroatoms. The highest BCUT2D eigenvalue weighted by molar-refractivity contribution is 6.00. The molecule has 1 heterocycles. The molecule has 2 aromatic carbocycles. The van der Waals surface area contributed by atoms with Gasteiger partial charge in [-0.15, -0.1) is 0 Å². The molecule has 0 bridgehead atoms. The predicted octanol–water partition coefficient (Wildman–Crippen LogP) is 2.76. The van der Waals surface area contributed by atoms with Crippen molar-refractivity contribution in [1.29, 1.82) is 0 Å². The molecule has 1 aliphatic heterocycles. The van der Waals surface area contributed by atoms with Gasteiger partial charge in [0.25, 0.3) is 5.91 Å². The molecule has 1 fully saturated rings. The number of amides is 2. The zero-order valence-electron chi connectivity index (χ0n) is 14.0. The molecule has 1 unspecified atom stereocenters. The van der Waals surface area contributed by atoms with E-state index < -0.39 is 6.10 Å². The van der Waals surface area contributed by atoms with E-state index in [9.17, 15) is 9.59 Å². The molecular formula is C20H20N2O3. The Bertz CT molecular complexity index is 816. The number of nitrogens with one attached hydrogen (secondary N) is 2. The molecule has 2 N–H and O–H groups in total. The van der Waals surface area contributed by atoms with Crippen LogP contribution in [0.4, 0.5) is 5.69 Å². The standard InChI is InChI=1S/C20H20N2O3/c1-12-6-8-13(9-7-12)14-10-16(14)21-19(23)11-18-20(24)22-15-4-2-3-5-17(15)25-18/h2-9,14,16,18H,10-11H2,1H3,(H,21,23)(H,22,24)/t14-,16+,18?/m0/s1. The third kappa shape index (κ3) is 3.36. The molecule has 0 spiro atoms. The molecular weight excluding hydrogens is 316 g/mol. The highest BCUT2D eigenvalue weighted by Gasteiger charge is 2.40. The van der Waals surface area contributed by atoms with Crippen LogP contribution in [0.5, 0.6) is 5.75 Å². The maximum atomic E-state index is 12.3. The van der Waals surface area contributed by atoms with Crippen LogP contribution in [0.15, 0.2) is 48.5 Å². The predicted molar refractivity (Wildman–Crippen MR) is 94.6 cm³/mol. The van der Waals surface area contributed by atoms with Gasteiger partial charge < -0.3 is 15.4 Å². The summed E-state index contributed by atoms with van der Waals surface area (Å²) in [6.07, 6.45) is 0.179. The smallest absolute Gasteiger partial charge is 0.266 e. The fourth-order valence-corrected chi connectivity index (χ4v) is 3.20. The summed E-state index contributed by atoms with van der Waals surface area (Å²) in [5.41, 5.74) is 3.12. The third-order valence-corrected chi connectivity index (χ3v) is 4.72. The summed E-state index contributed by atoms with van der Waals surface area (Å²) in [5.74, 6) is 0.536. The largest absolute Gasteiger partial charge is 0.478 e. The summed E-state index contributed by atoms with van der Waals surface area (Å²) < 4.78 is 5.67. The fraction of sp³-hybridized carbons (Fsp3) is 0.300. The van der Waals surface area contributed by atoms with E-state index in [0.717, 1.165) is 6.42 Å². The Labute approximate surface area is 146 Å². The van der Waals surface area contributed by atoms with Crippen molar-refractivity contribution in [3.63, 3.8) is 0 Å². The molecule has 0 saturated heterocycles. The summed E-state index contributed by atoms with van der Waals surface area (Å²) >= 11 is 0. The molecule has 5 nitrogen and oxygen atoms in total. The fourth-order valence-electron chi connectivity index (χ4n) is 3.20. The first-order valence-electron chi connectivity index (χ1n) is 8.52. The molecule has 4 rings (SSSR count). The van der Waals surface area contributed by atoms with Gasteiger partial charge in [0.15, 0.2) is 6.10 Å². The molecule has 25 heavy (non-hydrogen) atoms. The number of hydrogen-bond acceptors (Lipinski definition) is 3. The van der Waals surface area contributed by atoms with Crippen LogP contribution in [0.3, 0.4) is 0 Å². The molecule has 2 amide bonds. The minimum atomic E-state index is -0.786. The first-order chi connectivity index (χ1) is 12.1. The van der Waals surface area contributed by atoms with Gasteiger partial charge in [0.05, 0.1) is 12.1 Å². The molecule has 2 aliphatic rings. The highest BCUT2D eigenvalue weighted by atomic mass is 16.5. The van der Waals surface area contributed by atoms with Gasteiger partial charge in [-0.2, -0.15) is 0 Å². The van der Waals surface area contributed by atoms with E-state index >= 15 is 0 Å². The molecule has 0 aromatic heterocycles. The van der Waals surface area contributed by atoms with Crippen molar-refractivity contribution in [3.05, 3.63) is 59.7 Å². The number of rotatable bonds is 4. The van der Waals surface area contributed by atoms with Crippen LogP contribution in [0, 0.1) is 6.92 Å². The van der Waals surface area contributed by atoms with Crippen LogP contribution < -0.4 is 15.4 Å². The van der Waals surface area contributed by atoms with Gasteiger partial charge in [-0.3, -0.25) is 9.59 Å². The summed E-state index contributed by atoms with van der Waals surface area (Å²) in [7, 11) is 0. The molecule has 1 saturated carbocycles. The van der Waals surface area contributed by atoms with Crippen molar-refractivity contribution in [2.45, 2.75) is 37.8 Å². The van der Waals surface area contributed by atoms with E-state index in [2.05, 4.69) is 41.8 Å². The SMILES string of the molecule is Cc1ccc([C@@H]2C[C@H]2NC(=O)CC2Oc3ccccc3NC2=O)cc1. The lowest BCUT2D eigenvalue weighted by atomic mass is 10.1. The Balaban J connectivity index is 1.33. The summed E-state index contributed by atoms with van der Waals surface area (Å²) in [4.78, 5) is 24.4. The zero-order chi connectivity index (χ0) is 17.4. The van der Waals surface area contributed by atoms with Gasteiger partial charge in [-0.25, -0.2) is 0 Å². The molecule has 3 atom stereocenters. The van der Waals surface area contributed by atoms with Crippen molar-refractivity contribution in [2.75, 3.05) is 5.32 Å². The number of anilines is 1. The second-order valence-electron chi connectivity index (χ2n) is 6.72. The van der Waals surface area contributed by atoms with E-state index in [-0.39, 0.29) is 24.3 Å². The van der Waals surface area contributed by atoms with E-state index in [1.807, 2.05) is 12.1 Å². The van der Waals surface area contributed by atoms with Gasteiger partial charge in [-0.1, -0.05) is 42.0 Å². The van der Waals surface area contributed by atoms with Crippen LogP contribution in [0.25, 0.3) is 0 Å². The van der Waals surface area contributed by atoms with E-state index in [1.165, 1.54) is 11.1 Å². The molecule has 128 valence electrons. The molecule has 0 radical (unpaired) electrons. The van der Waals surface area contributed by atoms with Crippen molar-refractivity contribution < 1.29 is 14.3 Å². The lowest BCUT2D eigenvalue weighted by Crippen LogP contribution is -2.41. The highest BCUT2D eigenvalue weighted by Crippen LogP contribution is 2.41.